The van der Waals surface area contributed by atoms with Crippen LogP contribution in [0.1, 0.15) is 90.4 Å². The normalized spacial score (nSPS) is 39.0. The van der Waals surface area contributed by atoms with Crippen LogP contribution in [0.4, 0.5) is 0 Å². The summed E-state index contributed by atoms with van der Waals surface area (Å²) in [5.74, 6) is 1.07. The van der Waals surface area contributed by atoms with Gasteiger partial charge in [0, 0.05) is 11.6 Å². The van der Waals surface area contributed by atoms with E-state index in [0.29, 0.717) is 5.54 Å². The van der Waals surface area contributed by atoms with Crippen molar-refractivity contribution in [2.45, 2.75) is 102 Å². The van der Waals surface area contributed by atoms with Crippen molar-refractivity contribution in [1.82, 2.24) is 4.90 Å². The Kier molecular flexibility index (Phi) is 4.51. The summed E-state index contributed by atoms with van der Waals surface area (Å²) in [5.41, 5.74) is 0.686. The summed E-state index contributed by atoms with van der Waals surface area (Å²) in [4.78, 5) is 3.02. The molecule has 0 bridgehead atoms. The highest BCUT2D eigenvalue weighted by atomic mass is 15.3. The lowest BCUT2D eigenvalue weighted by atomic mass is 9.66. The van der Waals surface area contributed by atoms with Gasteiger partial charge in [-0.2, -0.15) is 0 Å². The van der Waals surface area contributed by atoms with Gasteiger partial charge in [-0.05, 0) is 57.4 Å². The first-order valence-corrected chi connectivity index (χ1v) is 9.13. The number of unbranched alkanes of at least 4 members (excludes halogenated alkanes) is 3. The summed E-state index contributed by atoms with van der Waals surface area (Å²) in [6.45, 7) is 3.75. The fourth-order valence-electron chi connectivity index (χ4n) is 5.54. The maximum absolute atomic E-state index is 3.02. The second-order valence-corrected chi connectivity index (χ2v) is 7.42. The van der Waals surface area contributed by atoms with Crippen LogP contribution >= 0.6 is 0 Å². The fraction of sp³-hybridized carbons (Fsp3) is 1.00. The van der Waals surface area contributed by atoms with Crippen LogP contribution in [0, 0.1) is 5.92 Å². The zero-order valence-corrected chi connectivity index (χ0v) is 13.0. The predicted octanol–water partition coefficient (Wildman–Crippen LogP) is 5.14. The molecular weight excluding hydrogens is 230 g/mol. The standard InChI is InChI=1S/C18H33N/c1-2-3-4-5-10-17-12-11-16-9-6-7-13-18(16)14-8-15-19(17)18/h16-17H,2-15H2,1H3/t16-,17+,18-/m0/s1. The topological polar surface area (TPSA) is 3.24 Å². The monoisotopic (exact) mass is 263 g/mol. The molecule has 3 aliphatic rings. The summed E-state index contributed by atoms with van der Waals surface area (Å²) in [7, 11) is 0. The van der Waals surface area contributed by atoms with Gasteiger partial charge < -0.3 is 0 Å². The van der Waals surface area contributed by atoms with Crippen molar-refractivity contribution in [3.63, 3.8) is 0 Å². The SMILES string of the molecule is CCCCCC[C@@H]1CC[C@@H]2CCCC[C@]23CCCN13. The highest BCUT2D eigenvalue weighted by Crippen LogP contribution is 2.52. The van der Waals surface area contributed by atoms with Gasteiger partial charge in [-0.15, -0.1) is 0 Å². The average molecular weight is 263 g/mol. The molecule has 0 aromatic carbocycles. The summed E-state index contributed by atoms with van der Waals surface area (Å²) >= 11 is 0. The van der Waals surface area contributed by atoms with Crippen molar-refractivity contribution in [1.29, 1.82) is 0 Å². The average Bonchev–Trinajstić information content (AvgIpc) is 2.87. The molecule has 3 rings (SSSR count). The predicted molar refractivity (Wildman–Crippen MR) is 82.4 cm³/mol. The Morgan fingerprint density at radius 1 is 0.947 bits per heavy atom. The second kappa shape index (κ2) is 6.16. The minimum absolute atomic E-state index is 0.686. The number of hydrogen-bond donors (Lipinski definition) is 0. The van der Waals surface area contributed by atoms with Gasteiger partial charge in [-0.3, -0.25) is 4.90 Å². The first-order chi connectivity index (χ1) is 9.37. The molecule has 2 heterocycles. The third kappa shape index (κ3) is 2.60. The first-order valence-electron chi connectivity index (χ1n) is 9.13. The number of piperidine rings is 1. The molecule has 1 nitrogen and oxygen atoms in total. The van der Waals surface area contributed by atoms with E-state index in [1.54, 1.807) is 12.8 Å². The van der Waals surface area contributed by atoms with Gasteiger partial charge in [0.25, 0.3) is 0 Å². The van der Waals surface area contributed by atoms with E-state index in [0.717, 1.165) is 12.0 Å². The molecule has 2 aliphatic heterocycles. The van der Waals surface area contributed by atoms with Gasteiger partial charge in [0.2, 0.25) is 0 Å². The third-order valence-electron chi connectivity index (χ3n) is 6.43. The lowest BCUT2D eigenvalue weighted by Gasteiger charge is -2.55. The quantitative estimate of drug-likeness (QED) is 0.620. The molecule has 2 saturated heterocycles. The van der Waals surface area contributed by atoms with Crippen LogP contribution in [0.25, 0.3) is 0 Å². The van der Waals surface area contributed by atoms with Crippen LogP contribution in [0.5, 0.6) is 0 Å². The van der Waals surface area contributed by atoms with Crippen molar-refractivity contribution in [3.05, 3.63) is 0 Å². The van der Waals surface area contributed by atoms with Gasteiger partial charge in [-0.1, -0.05) is 45.4 Å². The minimum atomic E-state index is 0.686. The molecule has 19 heavy (non-hydrogen) atoms. The van der Waals surface area contributed by atoms with E-state index in [1.807, 2.05) is 0 Å². The largest absolute Gasteiger partial charge is 0.294 e. The molecule has 1 heteroatoms. The Balaban J connectivity index is 1.61. The van der Waals surface area contributed by atoms with Gasteiger partial charge in [0.05, 0.1) is 0 Å². The highest BCUT2D eigenvalue weighted by molar-refractivity contribution is 5.07. The molecule has 1 spiro atoms. The zero-order valence-electron chi connectivity index (χ0n) is 13.0. The Labute approximate surface area is 120 Å². The van der Waals surface area contributed by atoms with Crippen LogP contribution in [0.2, 0.25) is 0 Å². The number of rotatable bonds is 5. The van der Waals surface area contributed by atoms with Crippen molar-refractivity contribution < 1.29 is 0 Å². The van der Waals surface area contributed by atoms with E-state index in [9.17, 15) is 0 Å². The van der Waals surface area contributed by atoms with Gasteiger partial charge >= 0.3 is 0 Å². The van der Waals surface area contributed by atoms with E-state index in [2.05, 4.69) is 11.8 Å². The van der Waals surface area contributed by atoms with Gasteiger partial charge in [-0.25, -0.2) is 0 Å². The lowest BCUT2D eigenvalue weighted by Crippen LogP contribution is -2.58. The van der Waals surface area contributed by atoms with Crippen molar-refractivity contribution in [3.8, 4) is 0 Å². The maximum Gasteiger partial charge on any atom is 0.0241 e. The minimum Gasteiger partial charge on any atom is -0.294 e. The Morgan fingerprint density at radius 2 is 1.84 bits per heavy atom. The van der Waals surface area contributed by atoms with E-state index >= 15 is 0 Å². The molecular formula is C18H33N. The Bertz CT molecular complexity index is 287. The van der Waals surface area contributed by atoms with Gasteiger partial charge in [0.1, 0.15) is 0 Å². The first kappa shape index (κ1) is 13.9. The van der Waals surface area contributed by atoms with Crippen LogP contribution in [0.15, 0.2) is 0 Å². The molecule has 0 unspecified atom stereocenters. The Morgan fingerprint density at radius 3 is 2.74 bits per heavy atom. The fourth-order valence-corrected chi connectivity index (χ4v) is 5.54. The molecule has 0 N–H and O–H groups in total. The Hall–Kier alpha value is -0.0400. The van der Waals surface area contributed by atoms with E-state index in [4.69, 9.17) is 0 Å². The second-order valence-electron chi connectivity index (χ2n) is 7.42. The molecule has 1 aliphatic carbocycles. The van der Waals surface area contributed by atoms with Gasteiger partial charge in [0.15, 0.2) is 0 Å². The molecule has 0 radical (unpaired) electrons. The highest BCUT2D eigenvalue weighted by Gasteiger charge is 2.52. The van der Waals surface area contributed by atoms with Crippen molar-refractivity contribution >= 4 is 0 Å². The third-order valence-corrected chi connectivity index (χ3v) is 6.43. The molecule has 1 saturated carbocycles. The molecule has 3 fully saturated rings. The molecule has 110 valence electrons. The number of hydrogen-bond acceptors (Lipinski definition) is 1. The summed E-state index contributed by atoms with van der Waals surface area (Å²) in [5, 5.41) is 0. The molecule has 3 atom stereocenters. The molecule has 0 amide bonds. The van der Waals surface area contributed by atoms with Crippen LogP contribution in [-0.4, -0.2) is 23.0 Å². The number of nitrogens with zero attached hydrogens (tertiary/aromatic N) is 1. The van der Waals surface area contributed by atoms with Crippen LogP contribution in [-0.2, 0) is 0 Å². The summed E-state index contributed by atoms with van der Waals surface area (Å²) < 4.78 is 0. The van der Waals surface area contributed by atoms with E-state index in [1.165, 1.54) is 77.2 Å². The smallest absolute Gasteiger partial charge is 0.0241 e. The van der Waals surface area contributed by atoms with Crippen molar-refractivity contribution in [2.75, 3.05) is 6.54 Å². The summed E-state index contributed by atoms with van der Waals surface area (Å²) in [6, 6.07) is 0.953. The van der Waals surface area contributed by atoms with Crippen LogP contribution < -0.4 is 0 Å². The zero-order chi connectivity index (χ0) is 13.1. The van der Waals surface area contributed by atoms with E-state index in [-0.39, 0.29) is 0 Å². The molecule has 0 aromatic heterocycles. The maximum atomic E-state index is 3.02. The lowest BCUT2D eigenvalue weighted by molar-refractivity contribution is -0.0419. The molecule has 0 aromatic rings. The van der Waals surface area contributed by atoms with Crippen molar-refractivity contribution in [2.24, 2.45) is 5.92 Å². The van der Waals surface area contributed by atoms with Crippen LogP contribution in [0.3, 0.4) is 0 Å². The van der Waals surface area contributed by atoms with E-state index < -0.39 is 0 Å². The summed E-state index contributed by atoms with van der Waals surface area (Å²) in [6.07, 6.45) is 19.4.